The first-order chi connectivity index (χ1) is 12.0. The number of aromatic nitrogens is 2. The SMILES string of the molecule is CNC(=O)C(NC(=O)c1ncc(-c2ccccc2)nc1C)C(=O)NO. The van der Waals surface area contributed by atoms with E-state index in [9.17, 15) is 14.4 Å². The average molecular weight is 343 g/mol. The lowest BCUT2D eigenvalue weighted by Crippen LogP contribution is -2.54. The number of nitrogens with one attached hydrogen (secondary N) is 3. The Balaban J connectivity index is 2.24. The van der Waals surface area contributed by atoms with E-state index < -0.39 is 23.8 Å². The lowest BCUT2D eigenvalue weighted by atomic mass is 10.1. The summed E-state index contributed by atoms with van der Waals surface area (Å²) in [4.78, 5) is 43.9. The van der Waals surface area contributed by atoms with E-state index in [4.69, 9.17) is 5.21 Å². The minimum Gasteiger partial charge on any atom is -0.357 e. The summed E-state index contributed by atoms with van der Waals surface area (Å²) in [5, 5.41) is 13.1. The summed E-state index contributed by atoms with van der Waals surface area (Å²) in [6.45, 7) is 1.59. The maximum Gasteiger partial charge on any atom is 0.275 e. The van der Waals surface area contributed by atoms with Crippen LogP contribution in [-0.4, -0.2) is 46.0 Å². The Hall–Kier alpha value is -3.33. The summed E-state index contributed by atoms with van der Waals surface area (Å²) < 4.78 is 0. The Morgan fingerprint density at radius 2 is 1.80 bits per heavy atom. The van der Waals surface area contributed by atoms with Crippen LogP contribution in [0, 0.1) is 6.92 Å². The van der Waals surface area contributed by atoms with Crippen molar-refractivity contribution in [1.29, 1.82) is 0 Å². The zero-order valence-corrected chi connectivity index (χ0v) is 13.6. The molecule has 25 heavy (non-hydrogen) atoms. The number of amides is 3. The molecule has 0 saturated carbocycles. The van der Waals surface area contributed by atoms with Gasteiger partial charge in [0.15, 0.2) is 6.04 Å². The molecule has 0 aliphatic carbocycles. The van der Waals surface area contributed by atoms with Gasteiger partial charge in [0.25, 0.3) is 17.7 Å². The molecule has 2 aromatic rings. The van der Waals surface area contributed by atoms with E-state index in [0.29, 0.717) is 11.4 Å². The van der Waals surface area contributed by atoms with Crippen molar-refractivity contribution in [3.8, 4) is 11.3 Å². The number of carbonyl (C=O) groups is 3. The molecule has 0 fully saturated rings. The standard InChI is InChI=1S/C16H17N5O4/c1-9-12(15(23)20-13(14(22)17-2)16(24)21-25)18-8-11(19-9)10-6-4-3-5-7-10/h3-8,13,25H,1-2H3,(H,17,22)(H,20,23)(H,21,24). The van der Waals surface area contributed by atoms with E-state index in [1.807, 2.05) is 30.3 Å². The minimum atomic E-state index is -1.60. The van der Waals surface area contributed by atoms with E-state index in [1.54, 1.807) is 6.92 Å². The minimum absolute atomic E-state index is 0.0284. The highest BCUT2D eigenvalue weighted by molar-refractivity contribution is 6.08. The third-order valence-corrected chi connectivity index (χ3v) is 3.39. The molecule has 1 aromatic heterocycles. The van der Waals surface area contributed by atoms with Gasteiger partial charge in [-0.05, 0) is 6.92 Å². The fourth-order valence-corrected chi connectivity index (χ4v) is 2.11. The van der Waals surface area contributed by atoms with Crippen molar-refractivity contribution in [3.63, 3.8) is 0 Å². The van der Waals surface area contributed by atoms with Gasteiger partial charge in [-0.3, -0.25) is 19.6 Å². The summed E-state index contributed by atoms with van der Waals surface area (Å²) in [6, 6.07) is 7.70. The first-order valence-corrected chi connectivity index (χ1v) is 7.33. The number of nitrogens with zero attached hydrogens (tertiary/aromatic N) is 2. The topological polar surface area (TPSA) is 133 Å². The number of hydrogen-bond donors (Lipinski definition) is 4. The molecule has 1 atom stereocenters. The van der Waals surface area contributed by atoms with Crippen LogP contribution >= 0.6 is 0 Å². The van der Waals surface area contributed by atoms with Gasteiger partial charge in [-0.15, -0.1) is 0 Å². The largest absolute Gasteiger partial charge is 0.357 e. The number of benzene rings is 1. The molecule has 1 heterocycles. The first-order valence-electron chi connectivity index (χ1n) is 7.33. The Labute approximate surface area is 143 Å². The Kier molecular flexibility index (Phi) is 5.75. The third-order valence-electron chi connectivity index (χ3n) is 3.39. The lowest BCUT2D eigenvalue weighted by Gasteiger charge is -2.15. The van der Waals surface area contributed by atoms with E-state index in [1.165, 1.54) is 18.7 Å². The van der Waals surface area contributed by atoms with E-state index in [0.717, 1.165) is 5.56 Å². The second-order valence-electron chi connectivity index (χ2n) is 5.05. The van der Waals surface area contributed by atoms with Crippen LogP contribution in [0.3, 0.4) is 0 Å². The smallest absolute Gasteiger partial charge is 0.275 e. The van der Waals surface area contributed by atoms with Crippen LogP contribution in [0.1, 0.15) is 16.2 Å². The summed E-state index contributed by atoms with van der Waals surface area (Å²) in [6.07, 6.45) is 1.43. The molecule has 0 bridgehead atoms. The van der Waals surface area contributed by atoms with Crippen LogP contribution in [0.25, 0.3) is 11.3 Å². The number of hydroxylamine groups is 1. The molecule has 0 aliphatic rings. The fourth-order valence-electron chi connectivity index (χ4n) is 2.11. The molecule has 9 heteroatoms. The highest BCUT2D eigenvalue weighted by Crippen LogP contribution is 2.16. The van der Waals surface area contributed by atoms with Crippen molar-refractivity contribution in [2.75, 3.05) is 7.05 Å². The van der Waals surface area contributed by atoms with Crippen molar-refractivity contribution in [1.82, 2.24) is 26.1 Å². The third kappa shape index (κ3) is 4.15. The maximum absolute atomic E-state index is 12.3. The van der Waals surface area contributed by atoms with Crippen molar-refractivity contribution in [3.05, 3.63) is 47.9 Å². The predicted molar refractivity (Wildman–Crippen MR) is 87.5 cm³/mol. The van der Waals surface area contributed by atoms with E-state index >= 15 is 0 Å². The quantitative estimate of drug-likeness (QED) is 0.338. The lowest BCUT2D eigenvalue weighted by molar-refractivity contribution is -0.137. The van der Waals surface area contributed by atoms with Gasteiger partial charge in [-0.25, -0.2) is 15.4 Å². The molecule has 130 valence electrons. The highest BCUT2D eigenvalue weighted by atomic mass is 16.5. The van der Waals surface area contributed by atoms with Crippen molar-refractivity contribution in [2.24, 2.45) is 0 Å². The molecule has 0 aliphatic heterocycles. The highest BCUT2D eigenvalue weighted by Gasteiger charge is 2.29. The number of hydrogen-bond acceptors (Lipinski definition) is 6. The number of likely N-dealkylation sites (N-methyl/N-ethyl adjacent to an activating group) is 1. The number of aryl methyl sites for hydroxylation is 1. The van der Waals surface area contributed by atoms with Crippen LogP contribution in [0.15, 0.2) is 36.5 Å². The van der Waals surface area contributed by atoms with Crippen molar-refractivity contribution < 1.29 is 19.6 Å². The van der Waals surface area contributed by atoms with E-state index in [-0.39, 0.29) is 5.69 Å². The second kappa shape index (κ2) is 7.97. The fraction of sp³-hybridized carbons (Fsp3) is 0.188. The number of carbonyl (C=O) groups excluding carboxylic acids is 3. The molecule has 4 N–H and O–H groups in total. The van der Waals surface area contributed by atoms with Gasteiger partial charge >= 0.3 is 0 Å². The van der Waals surface area contributed by atoms with Gasteiger partial charge in [0, 0.05) is 12.6 Å². The van der Waals surface area contributed by atoms with Gasteiger partial charge in [-0.1, -0.05) is 30.3 Å². The monoisotopic (exact) mass is 343 g/mol. The van der Waals surface area contributed by atoms with E-state index in [2.05, 4.69) is 20.6 Å². The number of rotatable bonds is 5. The van der Waals surface area contributed by atoms with Gasteiger partial charge in [0.2, 0.25) is 0 Å². The molecule has 3 amide bonds. The molecule has 0 saturated heterocycles. The normalized spacial score (nSPS) is 11.3. The maximum atomic E-state index is 12.3. The van der Waals surface area contributed by atoms with Crippen LogP contribution in [0.2, 0.25) is 0 Å². The van der Waals surface area contributed by atoms with Gasteiger partial charge < -0.3 is 10.6 Å². The Morgan fingerprint density at radius 3 is 2.36 bits per heavy atom. The van der Waals surface area contributed by atoms with Crippen LogP contribution in [0.4, 0.5) is 0 Å². The molecule has 1 unspecified atom stereocenters. The molecule has 0 spiro atoms. The molecule has 1 aromatic carbocycles. The zero-order valence-electron chi connectivity index (χ0n) is 13.6. The van der Waals surface area contributed by atoms with Crippen LogP contribution < -0.4 is 16.1 Å². The molecular weight excluding hydrogens is 326 g/mol. The molecule has 0 radical (unpaired) electrons. The molecule has 9 nitrogen and oxygen atoms in total. The summed E-state index contributed by atoms with van der Waals surface area (Å²) in [5.74, 6) is -2.62. The van der Waals surface area contributed by atoms with Gasteiger partial charge in [-0.2, -0.15) is 0 Å². The average Bonchev–Trinajstić information content (AvgIpc) is 2.65. The van der Waals surface area contributed by atoms with Crippen LogP contribution in [0.5, 0.6) is 0 Å². The zero-order chi connectivity index (χ0) is 18.4. The van der Waals surface area contributed by atoms with Gasteiger partial charge in [0.05, 0.1) is 17.6 Å². The Morgan fingerprint density at radius 1 is 1.12 bits per heavy atom. The predicted octanol–water partition coefficient (Wildman–Crippen LogP) is -0.198. The molecular formula is C16H17N5O4. The molecule has 2 rings (SSSR count). The van der Waals surface area contributed by atoms with Crippen molar-refractivity contribution >= 4 is 17.7 Å². The first kappa shape index (κ1) is 18.0. The summed E-state index contributed by atoms with van der Waals surface area (Å²) in [7, 11) is 1.30. The summed E-state index contributed by atoms with van der Waals surface area (Å²) in [5.41, 5.74) is 3.06. The second-order valence-corrected chi connectivity index (χ2v) is 5.05. The Bertz CT molecular complexity index is 778. The van der Waals surface area contributed by atoms with Gasteiger partial charge in [0.1, 0.15) is 5.69 Å². The van der Waals surface area contributed by atoms with Crippen molar-refractivity contribution in [2.45, 2.75) is 13.0 Å². The summed E-state index contributed by atoms with van der Waals surface area (Å²) >= 11 is 0. The van der Waals surface area contributed by atoms with Crippen LogP contribution in [-0.2, 0) is 9.59 Å².